The van der Waals surface area contributed by atoms with Crippen LogP contribution in [0.5, 0.6) is 0 Å². The molecular formula is C36H40BrN3O4S. The fourth-order valence-corrected chi connectivity index (χ4v) is 7.16. The number of nitrogens with one attached hydrogen (secondary N) is 1. The van der Waals surface area contributed by atoms with E-state index in [4.69, 9.17) is 0 Å². The highest BCUT2D eigenvalue weighted by Crippen LogP contribution is 2.28. The van der Waals surface area contributed by atoms with E-state index in [1.807, 2.05) is 87.5 Å². The standard InChI is InChI=1S/C36H40BrN3O4S/c1-4-5-21-38-36(42)34(24-29-13-8-6-9-14-29)39(25-30-15-12-16-31(37)23-30)35(41)26-40(33-20-19-27(2)22-28(33)3)45(43,44)32-17-10-7-11-18-32/h6-20,22-23,34H,4-5,21,24-26H2,1-3H3,(H,38,42)/t34-/m0/s1. The third kappa shape index (κ3) is 9.05. The summed E-state index contributed by atoms with van der Waals surface area (Å²) in [7, 11) is -4.14. The lowest BCUT2D eigenvalue weighted by Gasteiger charge is -2.34. The third-order valence-corrected chi connectivity index (χ3v) is 9.84. The zero-order valence-corrected chi connectivity index (χ0v) is 28.4. The van der Waals surface area contributed by atoms with Crippen LogP contribution in [-0.2, 0) is 32.6 Å². The zero-order valence-electron chi connectivity index (χ0n) is 25.9. The molecule has 45 heavy (non-hydrogen) atoms. The summed E-state index contributed by atoms with van der Waals surface area (Å²) in [5, 5.41) is 3.02. The van der Waals surface area contributed by atoms with Crippen molar-refractivity contribution < 1.29 is 18.0 Å². The number of amides is 2. The maximum absolute atomic E-state index is 14.6. The van der Waals surface area contributed by atoms with Crippen molar-refractivity contribution >= 4 is 43.5 Å². The van der Waals surface area contributed by atoms with Crippen LogP contribution in [-0.4, -0.2) is 44.3 Å². The van der Waals surface area contributed by atoms with Gasteiger partial charge in [-0.3, -0.25) is 13.9 Å². The Morgan fingerprint density at radius 1 is 0.844 bits per heavy atom. The van der Waals surface area contributed by atoms with Gasteiger partial charge in [0.25, 0.3) is 10.0 Å². The summed E-state index contributed by atoms with van der Waals surface area (Å²) in [5.74, 6) is -0.763. The van der Waals surface area contributed by atoms with Crippen LogP contribution in [0.2, 0.25) is 0 Å². The Balaban J connectivity index is 1.81. The Labute approximate surface area is 275 Å². The minimum Gasteiger partial charge on any atom is -0.354 e. The molecule has 0 spiro atoms. The van der Waals surface area contributed by atoms with Crippen LogP contribution < -0.4 is 9.62 Å². The SMILES string of the molecule is CCCCNC(=O)[C@H](Cc1ccccc1)N(Cc1cccc(Br)c1)C(=O)CN(c1ccc(C)cc1C)S(=O)(=O)c1ccccc1. The molecule has 0 aliphatic rings. The van der Waals surface area contributed by atoms with Gasteiger partial charge < -0.3 is 10.2 Å². The van der Waals surface area contributed by atoms with E-state index in [2.05, 4.69) is 21.2 Å². The summed E-state index contributed by atoms with van der Waals surface area (Å²) < 4.78 is 30.3. The molecule has 0 fully saturated rings. The summed E-state index contributed by atoms with van der Waals surface area (Å²) >= 11 is 3.52. The molecule has 2 amide bonds. The molecule has 1 atom stereocenters. The van der Waals surface area contributed by atoms with E-state index in [9.17, 15) is 18.0 Å². The molecule has 0 saturated carbocycles. The smallest absolute Gasteiger partial charge is 0.264 e. The monoisotopic (exact) mass is 689 g/mol. The van der Waals surface area contributed by atoms with Gasteiger partial charge in [0.15, 0.2) is 0 Å². The van der Waals surface area contributed by atoms with Gasteiger partial charge in [0.1, 0.15) is 12.6 Å². The van der Waals surface area contributed by atoms with E-state index < -0.39 is 28.5 Å². The number of halogens is 1. The van der Waals surface area contributed by atoms with Gasteiger partial charge in [-0.05, 0) is 67.3 Å². The maximum atomic E-state index is 14.6. The minimum absolute atomic E-state index is 0.0782. The second kappa shape index (κ2) is 15.9. The van der Waals surface area contributed by atoms with Crippen LogP contribution in [0.25, 0.3) is 0 Å². The van der Waals surface area contributed by atoms with Crippen molar-refractivity contribution in [1.82, 2.24) is 10.2 Å². The van der Waals surface area contributed by atoms with Gasteiger partial charge in [-0.15, -0.1) is 0 Å². The number of anilines is 1. The first kappa shape index (κ1) is 33.9. The molecule has 0 heterocycles. The van der Waals surface area contributed by atoms with Gasteiger partial charge >= 0.3 is 0 Å². The number of rotatable bonds is 14. The molecule has 4 aromatic carbocycles. The van der Waals surface area contributed by atoms with Gasteiger partial charge in [-0.1, -0.05) is 108 Å². The summed E-state index contributed by atoms with van der Waals surface area (Å²) in [6.07, 6.45) is 1.99. The number of hydrogen-bond acceptors (Lipinski definition) is 4. The van der Waals surface area contributed by atoms with Crippen LogP contribution >= 0.6 is 15.9 Å². The van der Waals surface area contributed by atoms with Crippen LogP contribution in [0, 0.1) is 13.8 Å². The molecule has 0 bridgehead atoms. The lowest BCUT2D eigenvalue weighted by atomic mass is 10.0. The number of hydrogen-bond donors (Lipinski definition) is 1. The van der Waals surface area contributed by atoms with Crippen LogP contribution in [0.1, 0.15) is 42.0 Å². The molecule has 0 radical (unpaired) electrons. The third-order valence-electron chi connectivity index (χ3n) is 7.57. The number of sulfonamides is 1. The fourth-order valence-electron chi connectivity index (χ4n) is 5.21. The summed E-state index contributed by atoms with van der Waals surface area (Å²) in [6.45, 7) is 5.93. The Bertz CT molecular complexity index is 1700. The van der Waals surface area contributed by atoms with Crippen LogP contribution in [0.15, 0.2) is 112 Å². The van der Waals surface area contributed by atoms with Gasteiger partial charge in [0, 0.05) is 24.0 Å². The zero-order chi connectivity index (χ0) is 32.4. The molecule has 0 aliphatic carbocycles. The predicted molar refractivity (Wildman–Crippen MR) is 183 cm³/mol. The van der Waals surface area contributed by atoms with Crippen molar-refractivity contribution in [3.63, 3.8) is 0 Å². The largest absolute Gasteiger partial charge is 0.354 e. The normalized spacial score (nSPS) is 11.9. The van der Waals surface area contributed by atoms with E-state index in [-0.39, 0.29) is 23.8 Å². The topological polar surface area (TPSA) is 86.8 Å². The minimum atomic E-state index is -4.14. The van der Waals surface area contributed by atoms with Crippen molar-refractivity contribution in [2.45, 2.75) is 57.5 Å². The molecular weight excluding hydrogens is 650 g/mol. The van der Waals surface area contributed by atoms with Crippen LogP contribution in [0.3, 0.4) is 0 Å². The number of carbonyl (C=O) groups is 2. The summed E-state index contributed by atoms with van der Waals surface area (Å²) in [6, 6.07) is 29.8. The number of unbranched alkanes of at least 4 members (excludes halogenated alkanes) is 1. The molecule has 1 N–H and O–H groups in total. The summed E-state index contributed by atoms with van der Waals surface area (Å²) in [5.41, 5.74) is 3.80. The number of nitrogens with zero attached hydrogens (tertiary/aromatic N) is 2. The molecule has 4 rings (SSSR count). The highest BCUT2D eigenvalue weighted by molar-refractivity contribution is 9.10. The van der Waals surface area contributed by atoms with Gasteiger partial charge in [-0.25, -0.2) is 8.42 Å². The second-order valence-corrected chi connectivity index (χ2v) is 13.9. The quantitative estimate of drug-likeness (QED) is 0.147. The highest BCUT2D eigenvalue weighted by Gasteiger charge is 2.35. The number of benzene rings is 4. The first-order chi connectivity index (χ1) is 21.6. The molecule has 0 unspecified atom stereocenters. The highest BCUT2D eigenvalue weighted by atomic mass is 79.9. The maximum Gasteiger partial charge on any atom is 0.264 e. The summed E-state index contributed by atoms with van der Waals surface area (Å²) in [4.78, 5) is 30.0. The average molecular weight is 691 g/mol. The average Bonchev–Trinajstić information content (AvgIpc) is 3.03. The molecule has 4 aromatic rings. The first-order valence-corrected chi connectivity index (χ1v) is 17.3. The number of carbonyl (C=O) groups excluding carboxylic acids is 2. The predicted octanol–water partition coefficient (Wildman–Crippen LogP) is 6.82. The van der Waals surface area contributed by atoms with Crippen molar-refractivity contribution in [2.75, 3.05) is 17.4 Å². The van der Waals surface area contributed by atoms with E-state index in [0.29, 0.717) is 12.2 Å². The first-order valence-electron chi connectivity index (χ1n) is 15.1. The van der Waals surface area contributed by atoms with Gasteiger partial charge in [0.2, 0.25) is 11.8 Å². The fraction of sp³-hybridized carbons (Fsp3) is 0.278. The Kier molecular flexibility index (Phi) is 12.0. The van der Waals surface area contributed by atoms with Gasteiger partial charge in [0.05, 0.1) is 10.6 Å². The molecule has 7 nitrogen and oxygen atoms in total. The van der Waals surface area contributed by atoms with Crippen molar-refractivity contribution in [3.8, 4) is 0 Å². The molecule has 9 heteroatoms. The van der Waals surface area contributed by atoms with E-state index in [1.165, 1.54) is 21.3 Å². The Hall–Kier alpha value is -3.95. The number of aryl methyl sites for hydroxylation is 2. The van der Waals surface area contributed by atoms with Crippen LogP contribution in [0.4, 0.5) is 5.69 Å². The van der Waals surface area contributed by atoms with Crippen molar-refractivity contribution in [1.29, 1.82) is 0 Å². The van der Waals surface area contributed by atoms with E-state index >= 15 is 0 Å². The Morgan fingerprint density at radius 3 is 2.16 bits per heavy atom. The van der Waals surface area contributed by atoms with E-state index in [1.54, 1.807) is 24.3 Å². The van der Waals surface area contributed by atoms with Gasteiger partial charge in [-0.2, -0.15) is 0 Å². The van der Waals surface area contributed by atoms with Crippen molar-refractivity contribution in [3.05, 3.63) is 130 Å². The lowest BCUT2D eigenvalue weighted by Crippen LogP contribution is -2.53. The molecule has 0 aromatic heterocycles. The molecule has 236 valence electrons. The van der Waals surface area contributed by atoms with E-state index in [0.717, 1.165) is 39.6 Å². The van der Waals surface area contributed by atoms with Crippen molar-refractivity contribution in [2.24, 2.45) is 0 Å². The Morgan fingerprint density at radius 2 is 1.51 bits per heavy atom. The molecule has 0 saturated heterocycles. The lowest BCUT2D eigenvalue weighted by molar-refractivity contribution is -0.140. The second-order valence-electron chi connectivity index (χ2n) is 11.1. The molecule has 0 aliphatic heterocycles.